The quantitative estimate of drug-likeness (QED) is 0.684. The van der Waals surface area contributed by atoms with E-state index in [0.717, 1.165) is 17.3 Å². The van der Waals surface area contributed by atoms with E-state index in [0.29, 0.717) is 5.92 Å². The Morgan fingerprint density at radius 1 is 1.25 bits per heavy atom. The smallest absolute Gasteiger partial charge is 0.0461 e. The Morgan fingerprint density at radius 3 is 2.56 bits per heavy atom. The van der Waals surface area contributed by atoms with Gasteiger partial charge in [-0.05, 0) is 30.0 Å². The Hall–Kier alpha value is -0.690. The first-order valence-corrected chi connectivity index (χ1v) is 6.56. The van der Waals surface area contributed by atoms with Crippen molar-refractivity contribution in [1.29, 1.82) is 0 Å². The molecule has 0 spiro atoms. The van der Waals surface area contributed by atoms with Gasteiger partial charge in [-0.25, -0.2) is 0 Å². The molecule has 1 aromatic rings. The Balaban J connectivity index is 2.53. The van der Waals surface area contributed by atoms with Crippen molar-refractivity contribution in [3.63, 3.8) is 0 Å². The molecule has 0 fully saturated rings. The van der Waals surface area contributed by atoms with Crippen LogP contribution in [0.2, 0.25) is 5.02 Å². The molecule has 16 heavy (non-hydrogen) atoms. The fourth-order valence-electron chi connectivity index (χ4n) is 1.71. The Kier molecular flexibility index (Phi) is 5.68. The molecular weight excluding hydrogens is 218 g/mol. The number of hydrogen-bond donors (Lipinski definition) is 1. The van der Waals surface area contributed by atoms with Crippen LogP contribution in [0, 0.1) is 0 Å². The maximum atomic E-state index is 6.22. The number of benzene rings is 1. The minimum absolute atomic E-state index is 0.488. The highest BCUT2D eigenvalue weighted by Crippen LogP contribution is 2.26. The van der Waals surface area contributed by atoms with Gasteiger partial charge in [0.15, 0.2) is 0 Å². The summed E-state index contributed by atoms with van der Waals surface area (Å²) in [6.45, 7) is 7.57. The summed E-state index contributed by atoms with van der Waals surface area (Å²) in [5.74, 6) is 0.488. The van der Waals surface area contributed by atoms with Gasteiger partial charge < -0.3 is 5.32 Å². The summed E-state index contributed by atoms with van der Waals surface area (Å²) in [6, 6.07) is 6.27. The highest BCUT2D eigenvalue weighted by Gasteiger charge is 2.05. The highest BCUT2D eigenvalue weighted by atomic mass is 35.5. The van der Waals surface area contributed by atoms with Gasteiger partial charge in [0.2, 0.25) is 0 Å². The van der Waals surface area contributed by atoms with E-state index in [1.54, 1.807) is 0 Å². The molecule has 0 atom stereocenters. The third kappa shape index (κ3) is 4.05. The number of nitrogens with one attached hydrogen (secondary N) is 1. The predicted octanol–water partition coefficient (Wildman–Crippen LogP) is 5.07. The Labute approximate surface area is 104 Å². The lowest BCUT2D eigenvalue weighted by Gasteiger charge is -2.11. The fraction of sp³-hybridized carbons (Fsp3) is 0.571. The molecule has 0 aliphatic carbocycles. The van der Waals surface area contributed by atoms with E-state index in [4.69, 9.17) is 11.6 Å². The molecule has 0 saturated heterocycles. The van der Waals surface area contributed by atoms with Gasteiger partial charge in [-0.1, -0.05) is 51.3 Å². The molecular formula is C14H22ClN. The summed E-state index contributed by atoms with van der Waals surface area (Å²) in [5, 5.41) is 4.27. The van der Waals surface area contributed by atoms with Crippen molar-refractivity contribution in [1.82, 2.24) is 0 Å². The molecule has 1 nitrogen and oxygen atoms in total. The van der Waals surface area contributed by atoms with Crippen LogP contribution < -0.4 is 5.32 Å². The number of rotatable bonds is 6. The number of anilines is 1. The summed E-state index contributed by atoms with van der Waals surface area (Å²) >= 11 is 6.22. The van der Waals surface area contributed by atoms with E-state index in [1.807, 2.05) is 6.07 Å². The monoisotopic (exact) mass is 239 g/mol. The van der Waals surface area contributed by atoms with Gasteiger partial charge in [-0.3, -0.25) is 0 Å². The maximum Gasteiger partial charge on any atom is 0.0461 e. The van der Waals surface area contributed by atoms with Crippen LogP contribution in [0.3, 0.4) is 0 Å². The molecule has 0 aromatic heterocycles. The molecule has 0 aliphatic heterocycles. The largest absolute Gasteiger partial charge is 0.385 e. The van der Waals surface area contributed by atoms with Crippen LogP contribution in [-0.4, -0.2) is 6.54 Å². The second-order valence-corrected chi connectivity index (χ2v) is 4.93. The summed E-state index contributed by atoms with van der Waals surface area (Å²) in [5.41, 5.74) is 2.35. The van der Waals surface area contributed by atoms with Crippen molar-refractivity contribution >= 4 is 17.3 Å². The van der Waals surface area contributed by atoms with Crippen molar-refractivity contribution in [3.05, 3.63) is 28.8 Å². The van der Waals surface area contributed by atoms with Gasteiger partial charge in [0.25, 0.3) is 0 Å². The van der Waals surface area contributed by atoms with Crippen molar-refractivity contribution in [3.8, 4) is 0 Å². The molecule has 0 aliphatic rings. The van der Waals surface area contributed by atoms with Crippen LogP contribution in [0.5, 0.6) is 0 Å². The van der Waals surface area contributed by atoms with Gasteiger partial charge in [0.05, 0.1) is 0 Å². The van der Waals surface area contributed by atoms with Gasteiger partial charge in [0.1, 0.15) is 0 Å². The number of halogens is 1. The first kappa shape index (κ1) is 13.4. The predicted molar refractivity (Wildman–Crippen MR) is 73.6 cm³/mol. The van der Waals surface area contributed by atoms with Gasteiger partial charge in [-0.15, -0.1) is 0 Å². The minimum Gasteiger partial charge on any atom is -0.385 e. The standard InChI is InChI=1S/C14H22ClN/c1-4-5-6-9-16-12-7-8-13(11(2)3)14(15)10-12/h7-8,10-11,16H,4-6,9H2,1-3H3. The zero-order valence-corrected chi connectivity index (χ0v) is 11.3. The molecule has 0 saturated carbocycles. The molecule has 1 rings (SSSR count). The van der Waals surface area contributed by atoms with Crippen molar-refractivity contribution < 1.29 is 0 Å². The zero-order valence-electron chi connectivity index (χ0n) is 10.5. The average Bonchev–Trinajstić information content (AvgIpc) is 2.24. The third-order valence-electron chi connectivity index (χ3n) is 2.73. The van der Waals surface area contributed by atoms with E-state index < -0.39 is 0 Å². The highest BCUT2D eigenvalue weighted by molar-refractivity contribution is 6.31. The van der Waals surface area contributed by atoms with E-state index in [1.165, 1.54) is 24.8 Å². The fourth-order valence-corrected chi connectivity index (χ4v) is 2.11. The average molecular weight is 240 g/mol. The minimum atomic E-state index is 0.488. The normalized spacial score (nSPS) is 10.8. The van der Waals surface area contributed by atoms with Gasteiger partial charge in [0, 0.05) is 17.3 Å². The third-order valence-corrected chi connectivity index (χ3v) is 3.06. The Morgan fingerprint density at radius 2 is 2.00 bits per heavy atom. The topological polar surface area (TPSA) is 12.0 Å². The van der Waals surface area contributed by atoms with Crippen LogP contribution in [0.15, 0.2) is 18.2 Å². The summed E-state index contributed by atoms with van der Waals surface area (Å²) in [7, 11) is 0. The first-order valence-electron chi connectivity index (χ1n) is 6.18. The van der Waals surface area contributed by atoms with Gasteiger partial charge >= 0.3 is 0 Å². The lowest BCUT2D eigenvalue weighted by Crippen LogP contribution is -2.01. The molecule has 1 N–H and O–H groups in total. The zero-order chi connectivity index (χ0) is 12.0. The number of unbranched alkanes of at least 4 members (excludes halogenated alkanes) is 2. The van der Waals surface area contributed by atoms with Crippen LogP contribution in [-0.2, 0) is 0 Å². The van der Waals surface area contributed by atoms with E-state index >= 15 is 0 Å². The van der Waals surface area contributed by atoms with E-state index in [2.05, 4.69) is 38.2 Å². The number of hydrogen-bond acceptors (Lipinski definition) is 1. The van der Waals surface area contributed by atoms with Crippen LogP contribution in [0.1, 0.15) is 51.5 Å². The molecule has 0 amide bonds. The second kappa shape index (κ2) is 6.80. The molecule has 0 heterocycles. The molecule has 2 heteroatoms. The molecule has 1 aromatic carbocycles. The second-order valence-electron chi connectivity index (χ2n) is 4.52. The van der Waals surface area contributed by atoms with Gasteiger partial charge in [-0.2, -0.15) is 0 Å². The first-order chi connectivity index (χ1) is 7.65. The van der Waals surface area contributed by atoms with Crippen molar-refractivity contribution in [2.45, 2.75) is 46.0 Å². The lowest BCUT2D eigenvalue weighted by atomic mass is 10.0. The maximum absolute atomic E-state index is 6.22. The van der Waals surface area contributed by atoms with E-state index in [9.17, 15) is 0 Å². The molecule has 90 valence electrons. The lowest BCUT2D eigenvalue weighted by molar-refractivity contribution is 0.743. The summed E-state index contributed by atoms with van der Waals surface area (Å²) in [6.07, 6.45) is 3.76. The van der Waals surface area contributed by atoms with Crippen LogP contribution >= 0.6 is 11.6 Å². The SMILES string of the molecule is CCCCCNc1ccc(C(C)C)c(Cl)c1. The molecule has 0 bridgehead atoms. The van der Waals surface area contributed by atoms with Crippen molar-refractivity contribution in [2.75, 3.05) is 11.9 Å². The van der Waals surface area contributed by atoms with Crippen LogP contribution in [0.4, 0.5) is 5.69 Å². The van der Waals surface area contributed by atoms with Crippen LogP contribution in [0.25, 0.3) is 0 Å². The van der Waals surface area contributed by atoms with Crippen molar-refractivity contribution in [2.24, 2.45) is 0 Å². The Bertz CT molecular complexity index is 321. The molecule has 0 radical (unpaired) electrons. The van der Waals surface area contributed by atoms with E-state index in [-0.39, 0.29) is 0 Å². The molecule has 0 unspecified atom stereocenters. The summed E-state index contributed by atoms with van der Waals surface area (Å²) in [4.78, 5) is 0. The summed E-state index contributed by atoms with van der Waals surface area (Å²) < 4.78 is 0.